The second-order valence-corrected chi connectivity index (χ2v) is 9.98. The summed E-state index contributed by atoms with van der Waals surface area (Å²) in [6.07, 6.45) is 5.49. The summed E-state index contributed by atoms with van der Waals surface area (Å²) in [5.74, 6) is -1.92. The highest BCUT2D eigenvalue weighted by molar-refractivity contribution is 6.23. The van der Waals surface area contributed by atoms with E-state index in [-0.39, 0.29) is 18.4 Å². The summed E-state index contributed by atoms with van der Waals surface area (Å²) in [4.78, 5) is 13.6. The minimum Gasteiger partial charge on any atom is -0.348 e. The number of hydrazone groups is 1. The average Bonchev–Trinajstić information content (AvgIpc) is 2.91. The zero-order valence-electron chi connectivity index (χ0n) is 22.3. The Labute approximate surface area is 223 Å². The van der Waals surface area contributed by atoms with Gasteiger partial charge in [0.25, 0.3) is 5.91 Å². The summed E-state index contributed by atoms with van der Waals surface area (Å²) in [6, 6.07) is 20.0. The fourth-order valence-corrected chi connectivity index (χ4v) is 4.59. The van der Waals surface area contributed by atoms with Crippen LogP contribution in [0.25, 0.3) is 11.1 Å². The van der Waals surface area contributed by atoms with Crippen molar-refractivity contribution in [2.75, 3.05) is 14.1 Å². The van der Waals surface area contributed by atoms with Gasteiger partial charge in [0.2, 0.25) is 0 Å². The first kappa shape index (κ1) is 27.0. The predicted molar refractivity (Wildman–Crippen MR) is 150 cm³/mol. The third-order valence-corrected chi connectivity index (χ3v) is 6.59. The van der Waals surface area contributed by atoms with Crippen LogP contribution < -0.4 is 5.32 Å². The highest BCUT2D eigenvalue weighted by Gasteiger charge is 2.28. The van der Waals surface area contributed by atoms with E-state index in [1.165, 1.54) is 17.2 Å². The van der Waals surface area contributed by atoms with E-state index in [9.17, 15) is 13.6 Å². The van der Waals surface area contributed by atoms with Crippen LogP contribution in [0.3, 0.4) is 0 Å². The third-order valence-electron chi connectivity index (χ3n) is 6.59. The highest BCUT2D eigenvalue weighted by Crippen LogP contribution is 2.41. The number of fused-ring (bicyclic) bond motifs is 1. The second-order valence-electron chi connectivity index (χ2n) is 9.98. The number of amides is 1. The zero-order valence-corrected chi connectivity index (χ0v) is 22.3. The summed E-state index contributed by atoms with van der Waals surface area (Å²) < 4.78 is 27.0. The Bertz CT molecular complexity index is 1410. The number of allylic oxidation sites excluding steroid dienone is 3. The number of carbonyl (C=O) groups excluding carboxylic acids is 1. The Balaban J connectivity index is 1.73. The van der Waals surface area contributed by atoms with Crippen LogP contribution in [0.5, 0.6) is 0 Å². The summed E-state index contributed by atoms with van der Waals surface area (Å²) >= 11 is 0. The van der Waals surface area contributed by atoms with Crippen LogP contribution in [0, 0.1) is 17.6 Å². The molecule has 0 aromatic heterocycles. The van der Waals surface area contributed by atoms with Crippen LogP contribution in [0.2, 0.25) is 0 Å². The van der Waals surface area contributed by atoms with E-state index < -0.39 is 11.6 Å². The molecule has 4 nitrogen and oxygen atoms in total. The number of benzene rings is 3. The molecule has 3 aromatic rings. The molecule has 0 saturated heterocycles. The van der Waals surface area contributed by atoms with Gasteiger partial charge in [-0.2, -0.15) is 5.10 Å². The summed E-state index contributed by atoms with van der Waals surface area (Å²) in [6.45, 7) is 4.29. The van der Waals surface area contributed by atoms with Crippen LogP contribution in [0.1, 0.15) is 48.1 Å². The molecule has 1 aliphatic carbocycles. The number of hydrogen-bond donors (Lipinski definition) is 1. The largest absolute Gasteiger partial charge is 0.348 e. The molecule has 4 rings (SSSR count). The van der Waals surface area contributed by atoms with Gasteiger partial charge in [0.15, 0.2) is 11.6 Å². The third kappa shape index (κ3) is 6.43. The van der Waals surface area contributed by atoms with Crippen LogP contribution >= 0.6 is 0 Å². The van der Waals surface area contributed by atoms with Gasteiger partial charge >= 0.3 is 0 Å². The predicted octanol–water partition coefficient (Wildman–Crippen LogP) is 6.62. The molecule has 1 aliphatic rings. The molecule has 0 aliphatic heterocycles. The maximum atomic E-state index is 13.7. The Morgan fingerprint density at radius 2 is 1.74 bits per heavy atom. The molecule has 196 valence electrons. The van der Waals surface area contributed by atoms with Crippen molar-refractivity contribution >= 4 is 23.3 Å². The van der Waals surface area contributed by atoms with E-state index in [4.69, 9.17) is 0 Å². The molecule has 0 heterocycles. The minimum absolute atomic E-state index is 0.102. The van der Waals surface area contributed by atoms with Gasteiger partial charge in [-0.25, -0.2) is 8.78 Å². The van der Waals surface area contributed by atoms with Gasteiger partial charge in [0.05, 0.1) is 6.21 Å². The summed E-state index contributed by atoms with van der Waals surface area (Å²) in [7, 11) is 3.74. The molecular formula is C32H33F2N3O. The Morgan fingerprint density at radius 3 is 2.42 bits per heavy atom. The van der Waals surface area contributed by atoms with Gasteiger partial charge in [0, 0.05) is 26.2 Å². The van der Waals surface area contributed by atoms with E-state index >= 15 is 0 Å². The molecule has 0 spiro atoms. The molecule has 0 radical (unpaired) electrons. The maximum Gasteiger partial charge on any atom is 0.252 e. The second kappa shape index (κ2) is 12.0. The highest BCUT2D eigenvalue weighted by atomic mass is 19.2. The van der Waals surface area contributed by atoms with Crippen molar-refractivity contribution in [1.82, 2.24) is 10.3 Å². The summed E-state index contributed by atoms with van der Waals surface area (Å²) in [5.41, 5.74) is 7.40. The summed E-state index contributed by atoms with van der Waals surface area (Å²) in [5, 5.41) is 9.04. The number of nitrogens with one attached hydrogen (secondary N) is 1. The SMILES string of the molecule is CC(C)C1=C(C(=O)NCc2ccc(F)c(F)c2)c2ccc(/C=N/N(C)C)cc2/C(=C\Cc2ccccc2)C1. The van der Waals surface area contributed by atoms with Crippen molar-refractivity contribution < 1.29 is 13.6 Å². The molecule has 6 heteroatoms. The van der Waals surface area contributed by atoms with Crippen LogP contribution in [-0.2, 0) is 17.8 Å². The molecule has 0 saturated carbocycles. The minimum atomic E-state index is -0.929. The van der Waals surface area contributed by atoms with Gasteiger partial charge in [0.1, 0.15) is 0 Å². The zero-order chi connectivity index (χ0) is 27.2. The normalized spacial score (nSPS) is 14.3. The quantitative estimate of drug-likeness (QED) is 0.272. The average molecular weight is 514 g/mol. The van der Waals surface area contributed by atoms with Crippen LogP contribution in [-0.4, -0.2) is 31.2 Å². The Morgan fingerprint density at radius 1 is 0.974 bits per heavy atom. The van der Waals surface area contributed by atoms with Gasteiger partial charge in [-0.3, -0.25) is 4.79 Å². The number of carbonyl (C=O) groups is 1. The van der Waals surface area contributed by atoms with E-state index in [2.05, 4.69) is 48.5 Å². The fourth-order valence-electron chi connectivity index (χ4n) is 4.59. The maximum absolute atomic E-state index is 13.7. The lowest BCUT2D eigenvalue weighted by Gasteiger charge is -2.28. The first-order valence-electron chi connectivity index (χ1n) is 12.8. The number of nitrogens with zero attached hydrogens (tertiary/aromatic N) is 2. The molecular weight excluding hydrogens is 480 g/mol. The first-order chi connectivity index (χ1) is 18.2. The molecule has 0 unspecified atom stereocenters. The van der Waals surface area contributed by atoms with Crippen molar-refractivity contribution in [1.29, 1.82) is 0 Å². The first-order valence-corrected chi connectivity index (χ1v) is 12.8. The Kier molecular flexibility index (Phi) is 8.52. The van der Waals surface area contributed by atoms with E-state index in [1.807, 2.05) is 44.4 Å². The smallest absolute Gasteiger partial charge is 0.252 e. The van der Waals surface area contributed by atoms with Crippen molar-refractivity contribution in [3.8, 4) is 0 Å². The standard InChI is InChI=1S/C32H33F2N3O/c1-21(2)27-18-25(13-10-22-8-6-5-7-9-22)28-16-23(20-36-37(3)4)11-14-26(28)31(27)32(38)35-19-24-12-15-29(33)30(34)17-24/h5-9,11-17,20-21H,10,18-19H2,1-4H3,(H,35,38)/b25-13-,36-20+. The number of rotatable bonds is 8. The molecule has 0 fully saturated rings. The van der Waals surface area contributed by atoms with Crippen molar-refractivity contribution in [3.05, 3.63) is 118 Å². The van der Waals surface area contributed by atoms with Crippen molar-refractivity contribution in [2.24, 2.45) is 11.0 Å². The van der Waals surface area contributed by atoms with Crippen LogP contribution in [0.4, 0.5) is 8.78 Å². The van der Waals surface area contributed by atoms with Gasteiger partial charge in [-0.15, -0.1) is 0 Å². The fraction of sp³-hybridized carbons (Fsp3) is 0.250. The number of hydrogen-bond acceptors (Lipinski definition) is 3. The number of halogens is 2. The van der Waals surface area contributed by atoms with Crippen molar-refractivity contribution in [2.45, 2.75) is 33.2 Å². The van der Waals surface area contributed by atoms with Gasteiger partial charge < -0.3 is 10.3 Å². The van der Waals surface area contributed by atoms with E-state index in [0.717, 1.165) is 40.8 Å². The van der Waals surface area contributed by atoms with Gasteiger partial charge in [-0.05, 0) is 75.9 Å². The molecule has 3 aromatic carbocycles. The van der Waals surface area contributed by atoms with Crippen LogP contribution in [0.15, 0.2) is 83.5 Å². The lowest BCUT2D eigenvalue weighted by molar-refractivity contribution is -0.115. The molecule has 0 atom stereocenters. The van der Waals surface area contributed by atoms with E-state index in [0.29, 0.717) is 17.6 Å². The van der Waals surface area contributed by atoms with E-state index in [1.54, 1.807) is 11.2 Å². The van der Waals surface area contributed by atoms with Gasteiger partial charge in [-0.1, -0.05) is 68.5 Å². The lowest BCUT2D eigenvalue weighted by atomic mass is 9.77. The molecule has 0 bridgehead atoms. The Hall–Kier alpha value is -4.06. The lowest BCUT2D eigenvalue weighted by Crippen LogP contribution is -2.27. The monoisotopic (exact) mass is 513 g/mol. The topological polar surface area (TPSA) is 44.7 Å². The molecule has 1 N–H and O–H groups in total. The van der Waals surface area contributed by atoms with Crippen molar-refractivity contribution in [3.63, 3.8) is 0 Å². The molecule has 38 heavy (non-hydrogen) atoms. The molecule has 1 amide bonds.